The maximum Gasteiger partial charge on any atom is 0.185 e. The number of ketones is 1. The number of hydrogen-bond donors (Lipinski definition) is 0. The Labute approximate surface area is 204 Å². The third kappa shape index (κ3) is 14.9. The van der Waals surface area contributed by atoms with E-state index in [4.69, 9.17) is 9.47 Å². The van der Waals surface area contributed by atoms with Gasteiger partial charge in [-0.05, 0) is 37.1 Å². The van der Waals surface area contributed by atoms with Crippen molar-refractivity contribution in [3.8, 4) is 11.5 Å². The zero-order valence-electron chi connectivity index (χ0n) is 21.8. The van der Waals surface area contributed by atoms with Crippen molar-refractivity contribution in [2.75, 3.05) is 14.2 Å². The van der Waals surface area contributed by atoms with Gasteiger partial charge < -0.3 is 9.47 Å². The Morgan fingerprint density at radius 2 is 1.12 bits per heavy atom. The van der Waals surface area contributed by atoms with Gasteiger partial charge in [-0.2, -0.15) is 0 Å². The second-order valence-electron chi connectivity index (χ2n) is 9.28. The number of carbonyl (C=O) groups excluding carboxylic acids is 1. The fourth-order valence-corrected chi connectivity index (χ4v) is 4.26. The van der Waals surface area contributed by atoms with Gasteiger partial charge in [0.15, 0.2) is 17.3 Å². The van der Waals surface area contributed by atoms with E-state index in [9.17, 15) is 4.79 Å². The molecule has 3 heteroatoms. The predicted octanol–water partition coefficient (Wildman–Crippen LogP) is 9.48. The Kier molecular flexibility index (Phi) is 18.5. The molecule has 0 bridgehead atoms. The third-order valence-electron chi connectivity index (χ3n) is 6.41. The normalized spacial score (nSPS) is 11.2. The van der Waals surface area contributed by atoms with Crippen LogP contribution in [0.2, 0.25) is 0 Å². The molecule has 1 aromatic rings. The summed E-state index contributed by atoms with van der Waals surface area (Å²) in [4.78, 5) is 12.3. The Balaban J connectivity index is 1.92. The van der Waals surface area contributed by atoms with Crippen molar-refractivity contribution in [1.29, 1.82) is 0 Å². The van der Waals surface area contributed by atoms with Gasteiger partial charge in [0.1, 0.15) is 0 Å². The summed E-state index contributed by atoms with van der Waals surface area (Å²) in [6, 6.07) is 5.29. The minimum absolute atomic E-state index is 0.0166. The molecule has 0 spiro atoms. The van der Waals surface area contributed by atoms with Crippen LogP contribution in [0.5, 0.6) is 11.5 Å². The number of benzene rings is 1. The van der Waals surface area contributed by atoms with Gasteiger partial charge in [0.25, 0.3) is 0 Å². The molecule has 0 aliphatic rings. The molecule has 0 heterocycles. The van der Waals surface area contributed by atoms with Gasteiger partial charge in [-0.15, -0.1) is 0 Å². The van der Waals surface area contributed by atoms with Gasteiger partial charge in [-0.25, -0.2) is 0 Å². The number of carbonyl (C=O) groups is 1. The van der Waals surface area contributed by atoms with Crippen LogP contribution in [0.1, 0.15) is 133 Å². The van der Waals surface area contributed by atoms with Gasteiger partial charge in [-0.1, -0.05) is 116 Å². The van der Waals surface area contributed by atoms with E-state index in [0.717, 1.165) is 12.8 Å². The molecule has 0 aliphatic heterocycles. The van der Waals surface area contributed by atoms with Crippen LogP contribution in [0.3, 0.4) is 0 Å². The maximum absolute atomic E-state index is 12.3. The smallest absolute Gasteiger partial charge is 0.185 e. The van der Waals surface area contributed by atoms with Crippen LogP contribution in [0.4, 0.5) is 0 Å². The summed E-state index contributed by atoms with van der Waals surface area (Å²) >= 11 is 0. The molecule has 0 N–H and O–H groups in total. The van der Waals surface area contributed by atoms with E-state index < -0.39 is 0 Å². The molecule has 0 saturated heterocycles. The molecular formula is C30H50O3. The summed E-state index contributed by atoms with van der Waals surface area (Å²) in [5.74, 6) is 1.24. The monoisotopic (exact) mass is 458 g/mol. The van der Waals surface area contributed by atoms with Crippen LogP contribution < -0.4 is 9.47 Å². The lowest BCUT2D eigenvalue weighted by atomic mass is 10.0. The highest BCUT2D eigenvalue weighted by atomic mass is 16.5. The second-order valence-corrected chi connectivity index (χ2v) is 9.28. The number of rotatable bonds is 22. The van der Waals surface area contributed by atoms with E-state index in [-0.39, 0.29) is 5.78 Å². The lowest BCUT2D eigenvalue weighted by molar-refractivity contribution is 0.104. The van der Waals surface area contributed by atoms with Gasteiger partial charge in [0, 0.05) is 5.56 Å². The molecule has 1 rings (SSSR count). The lowest BCUT2D eigenvalue weighted by Gasteiger charge is -2.07. The molecule has 0 saturated carbocycles. The van der Waals surface area contributed by atoms with Crippen LogP contribution in [0.15, 0.2) is 30.4 Å². The molecular weight excluding hydrogens is 408 g/mol. The molecule has 33 heavy (non-hydrogen) atoms. The molecule has 1 aromatic carbocycles. The molecule has 0 fully saturated rings. The Morgan fingerprint density at radius 3 is 1.58 bits per heavy atom. The van der Waals surface area contributed by atoms with E-state index in [2.05, 4.69) is 6.92 Å². The SMILES string of the molecule is CCCCCCCCCCCCCCCCCCCC=CC(=O)c1ccc(OC)c(OC)c1. The van der Waals surface area contributed by atoms with E-state index in [1.807, 2.05) is 6.08 Å². The summed E-state index contributed by atoms with van der Waals surface area (Å²) in [7, 11) is 3.18. The maximum atomic E-state index is 12.3. The first-order valence-corrected chi connectivity index (χ1v) is 13.7. The zero-order valence-corrected chi connectivity index (χ0v) is 21.8. The first-order valence-electron chi connectivity index (χ1n) is 13.7. The summed E-state index contributed by atoms with van der Waals surface area (Å²) in [6.45, 7) is 2.29. The molecule has 0 unspecified atom stereocenters. The van der Waals surface area contributed by atoms with Crippen molar-refractivity contribution >= 4 is 5.78 Å². The largest absolute Gasteiger partial charge is 0.493 e. The van der Waals surface area contributed by atoms with Crippen LogP contribution in [-0.4, -0.2) is 20.0 Å². The minimum atomic E-state index is 0.0166. The van der Waals surface area contributed by atoms with Crippen molar-refractivity contribution in [1.82, 2.24) is 0 Å². The number of methoxy groups -OCH3 is 2. The summed E-state index contributed by atoms with van der Waals surface area (Å²) in [6.07, 6.45) is 28.2. The molecule has 0 amide bonds. The van der Waals surface area contributed by atoms with E-state index in [0.29, 0.717) is 17.1 Å². The number of ether oxygens (including phenoxy) is 2. The van der Waals surface area contributed by atoms with E-state index >= 15 is 0 Å². The predicted molar refractivity (Wildman–Crippen MR) is 142 cm³/mol. The molecule has 0 aromatic heterocycles. The van der Waals surface area contributed by atoms with Crippen molar-refractivity contribution in [3.05, 3.63) is 35.9 Å². The fraction of sp³-hybridized carbons (Fsp3) is 0.700. The highest BCUT2D eigenvalue weighted by Crippen LogP contribution is 2.27. The molecule has 0 aliphatic carbocycles. The van der Waals surface area contributed by atoms with E-state index in [1.54, 1.807) is 38.5 Å². The molecule has 3 nitrogen and oxygen atoms in total. The van der Waals surface area contributed by atoms with Crippen LogP contribution >= 0.6 is 0 Å². The molecule has 0 atom stereocenters. The topological polar surface area (TPSA) is 35.5 Å². The molecule has 188 valence electrons. The number of unbranched alkanes of at least 4 members (excludes halogenated alkanes) is 17. The number of hydrogen-bond acceptors (Lipinski definition) is 3. The Hall–Kier alpha value is -1.77. The van der Waals surface area contributed by atoms with Crippen molar-refractivity contribution in [2.45, 2.75) is 122 Å². The lowest BCUT2D eigenvalue weighted by Crippen LogP contribution is -1.97. The first-order chi connectivity index (χ1) is 16.2. The summed E-state index contributed by atoms with van der Waals surface area (Å²) in [5, 5.41) is 0. The third-order valence-corrected chi connectivity index (χ3v) is 6.41. The van der Waals surface area contributed by atoms with Gasteiger partial charge >= 0.3 is 0 Å². The first kappa shape index (κ1) is 29.3. The van der Waals surface area contributed by atoms with Crippen molar-refractivity contribution in [3.63, 3.8) is 0 Å². The standard InChI is InChI=1S/C30H50O3/c1-4-5-6-7-8-9-10-11-12-13-14-15-16-17-18-19-20-21-22-23-28(31)27-24-25-29(32-2)30(26-27)33-3/h22-26H,4-21H2,1-3H3. The highest BCUT2D eigenvalue weighted by molar-refractivity contribution is 6.04. The van der Waals surface area contributed by atoms with Crippen molar-refractivity contribution < 1.29 is 14.3 Å². The minimum Gasteiger partial charge on any atom is -0.493 e. The average Bonchev–Trinajstić information content (AvgIpc) is 2.84. The Morgan fingerprint density at radius 1 is 0.667 bits per heavy atom. The van der Waals surface area contributed by atoms with Crippen LogP contribution in [0, 0.1) is 0 Å². The zero-order chi connectivity index (χ0) is 24.0. The summed E-state index contributed by atoms with van der Waals surface area (Å²) < 4.78 is 10.5. The average molecular weight is 459 g/mol. The quantitative estimate of drug-likeness (QED) is 0.0985. The number of allylic oxidation sites excluding steroid dienone is 2. The van der Waals surface area contributed by atoms with Crippen LogP contribution in [0.25, 0.3) is 0 Å². The molecule has 0 radical (unpaired) electrons. The van der Waals surface area contributed by atoms with Gasteiger partial charge in [0.05, 0.1) is 14.2 Å². The van der Waals surface area contributed by atoms with Gasteiger partial charge in [0.2, 0.25) is 0 Å². The van der Waals surface area contributed by atoms with Crippen LogP contribution in [-0.2, 0) is 0 Å². The van der Waals surface area contributed by atoms with E-state index in [1.165, 1.54) is 103 Å². The van der Waals surface area contributed by atoms with Crippen molar-refractivity contribution in [2.24, 2.45) is 0 Å². The fourth-order valence-electron chi connectivity index (χ4n) is 4.26. The van der Waals surface area contributed by atoms with Gasteiger partial charge in [-0.3, -0.25) is 4.79 Å². The second kappa shape index (κ2) is 20.8. The summed E-state index contributed by atoms with van der Waals surface area (Å²) in [5.41, 5.74) is 0.631. The highest BCUT2D eigenvalue weighted by Gasteiger charge is 2.08. The Bertz CT molecular complexity index is 635.